The van der Waals surface area contributed by atoms with Crippen molar-refractivity contribution in [2.75, 3.05) is 19.8 Å². The summed E-state index contributed by atoms with van der Waals surface area (Å²) in [6.07, 6.45) is 1.15. The number of Topliss-reactive ketones (excluding diaryl/α,β-unsaturated/α-hetero) is 1. The summed E-state index contributed by atoms with van der Waals surface area (Å²) in [6.45, 7) is 10.7. The zero-order valence-electron chi connectivity index (χ0n) is 17.3. The number of ether oxygens (including phenoxy) is 2. The summed E-state index contributed by atoms with van der Waals surface area (Å²) in [6, 6.07) is 3.68. The lowest BCUT2D eigenvalue weighted by molar-refractivity contribution is -0.139. The van der Waals surface area contributed by atoms with Crippen molar-refractivity contribution in [3.8, 4) is 0 Å². The maximum Gasteiger partial charge on any atom is 0.336 e. The van der Waals surface area contributed by atoms with Crippen molar-refractivity contribution in [2.24, 2.45) is 5.41 Å². The molecule has 2 heterocycles. The first kappa shape index (κ1) is 20.4. The van der Waals surface area contributed by atoms with Gasteiger partial charge in [0.1, 0.15) is 11.5 Å². The zero-order chi connectivity index (χ0) is 20.5. The largest absolute Gasteiger partial charge is 0.465 e. The third-order valence-corrected chi connectivity index (χ3v) is 5.12. The number of ketones is 1. The third-order valence-electron chi connectivity index (χ3n) is 5.12. The summed E-state index contributed by atoms with van der Waals surface area (Å²) in [4.78, 5) is 26.1. The van der Waals surface area contributed by atoms with Gasteiger partial charge in [0.15, 0.2) is 5.78 Å². The molecule has 1 aromatic rings. The number of carbonyl (C=O) groups excluding carboxylic acids is 2. The van der Waals surface area contributed by atoms with Crippen LogP contribution in [0, 0.1) is 12.3 Å². The highest BCUT2D eigenvalue weighted by molar-refractivity contribution is 6.04. The molecule has 1 aliphatic heterocycles. The number of carbonyl (C=O) groups is 2. The molecule has 1 aromatic heterocycles. The first-order valence-electron chi connectivity index (χ1n) is 9.85. The Kier molecular flexibility index (Phi) is 5.79. The number of hydrogen-bond acceptors (Lipinski definition) is 6. The van der Waals surface area contributed by atoms with Crippen LogP contribution in [0.3, 0.4) is 0 Å². The molecule has 1 aliphatic carbocycles. The number of dihydropyridines is 1. The third kappa shape index (κ3) is 3.92. The number of hydrogen-bond donors (Lipinski definition) is 1. The van der Waals surface area contributed by atoms with Gasteiger partial charge >= 0.3 is 5.97 Å². The molecule has 1 N–H and O–H groups in total. The molecule has 0 spiro atoms. The van der Waals surface area contributed by atoms with E-state index in [1.165, 1.54) is 0 Å². The Morgan fingerprint density at radius 3 is 2.61 bits per heavy atom. The molecule has 6 nitrogen and oxygen atoms in total. The molecule has 0 saturated heterocycles. The van der Waals surface area contributed by atoms with Crippen molar-refractivity contribution in [3.63, 3.8) is 0 Å². The van der Waals surface area contributed by atoms with E-state index in [2.05, 4.69) is 19.2 Å². The van der Waals surface area contributed by atoms with Crippen molar-refractivity contribution in [3.05, 3.63) is 46.2 Å². The monoisotopic (exact) mass is 387 g/mol. The van der Waals surface area contributed by atoms with Crippen LogP contribution < -0.4 is 5.32 Å². The molecule has 0 amide bonds. The normalized spacial score (nSPS) is 21.5. The van der Waals surface area contributed by atoms with Gasteiger partial charge in [-0.2, -0.15) is 0 Å². The first-order valence-corrected chi connectivity index (χ1v) is 9.85. The second-order valence-electron chi connectivity index (χ2n) is 8.09. The highest BCUT2D eigenvalue weighted by Crippen LogP contribution is 2.47. The van der Waals surface area contributed by atoms with Gasteiger partial charge in [0.2, 0.25) is 0 Å². The second kappa shape index (κ2) is 7.95. The molecule has 0 aromatic carbocycles. The van der Waals surface area contributed by atoms with Gasteiger partial charge < -0.3 is 19.2 Å². The number of aryl methyl sites for hydroxylation is 1. The number of furan rings is 1. The van der Waals surface area contributed by atoms with Crippen LogP contribution in [0.5, 0.6) is 0 Å². The highest BCUT2D eigenvalue weighted by atomic mass is 16.5. The molecule has 28 heavy (non-hydrogen) atoms. The van der Waals surface area contributed by atoms with E-state index in [1.54, 1.807) is 6.92 Å². The fourth-order valence-electron chi connectivity index (χ4n) is 4.01. The summed E-state index contributed by atoms with van der Waals surface area (Å²) in [7, 11) is 0. The second-order valence-corrected chi connectivity index (χ2v) is 8.09. The molecular weight excluding hydrogens is 358 g/mol. The molecule has 0 radical (unpaired) electrons. The minimum atomic E-state index is -0.581. The molecular formula is C22H29NO5. The van der Waals surface area contributed by atoms with E-state index >= 15 is 0 Å². The SMILES string of the molecule is CCOCC1=C(C(=O)OCC)C(c2ccc(C)o2)C2=C(CC(C)(C)CC2=O)N1. The highest BCUT2D eigenvalue weighted by Gasteiger charge is 2.45. The summed E-state index contributed by atoms with van der Waals surface area (Å²) < 4.78 is 16.8. The Bertz CT molecular complexity index is 843. The van der Waals surface area contributed by atoms with Crippen LogP contribution in [0.15, 0.2) is 39.1 Å². The lowest BCUT2D eigenvalue weighted by Crippen LogP contribution is -2.40. The predicted octanol–water partition coefficient (Wildman–Crippen LogP) is 3.77. The molecule has 3 rings (SSSR count). The van der Waals surface area contributed by atoms with Crippen LogP contribution in [-0.4, -0.2) is 31.6 Å². The van der Waals surface area contributed by atoms with E-state index in [0.29, 0.717) is 35.6 Å². The van der Waals surface area contributed by atoms with Gasteiger partial charge in [-0.3, -0.25) is 4.79 Å². The average molecular weight is 387 g/mol. The van der Waals surface area contributed by atoms with E-state index in [4.69, 9.17) is 13.9 Å². The Hall–Kier alpha value is -2.34. The molecule has 152 valence electrons. The standard InChI is InChI=1S/C22H29NO5/c1-6-26-12-15-19(21(25)27-7-2)20(17-9-8-13(3)28-17)18-14(23-15)10-22(4,5)11-16(18)24/h8-9,20,23H,6-7,10-12H2,1-5H3. The first-order chi connectivity index (χ1) is 13.3. The van der Waals surface area contributed by atoms with Gasteiger partial charge in [-0.1, -0.05) is 13.8 Å². The lowest BCUT2D eigenvalue weighted by atomic mass is 9.69. The molecule has 0 saturated carbocycles. The van der Waals surface area contributed by atoms with Gasteiger partial charge in [-0.05, 0) is 44.7 Å². The summed E-state index contributed by atoms with van der Waals surface area (Å²) >= 11 is 0. The van der Waals surface area contributed by atoms with Crippen molar-refractivity contribution in [1.29, 1.82) is 0 Å². The van der Waals surface area contributed by atoms with Crippen LogP contribution >= 0.6 is 0 Å². The minimum absolute atomic E-state index is 0.0371. The fraction of sp³-hybridized carbons (Fsp3) is 0.545. The van der Waals surface area contributed by atoms with Crippen molar-refractivity contribution < 1.29 is 23.5 Å². The van der Waals surface area contributed by atoms with Crippen LogP contribution in [0.1, 0.15) is 58.0 Å². The van der Waals surface area contributed by atoms with E-state index in [-0.39, 0.29) is 24.4 Å². The lowest BCUT2D eigenvalue weighted by Gasteiger charge is -2.39. The number of esters is 1. The Morgan fingerprint density at radius 1 is 1.25 bits per heavy atom. The van der Waals surface area contributed by atoms with Crippen LogP contribution in [-0.2, 0) is 19.1 Å². The number of rotatable bonds is 6. The maximum atomic E-state index is 13.1. The van der Waals surface area contributed by atoms with Crippen LogP contribution in [0.25, 0.3) is 0 Å². The maximum absolute atomic E-state index is 13.1. The molecule has 6 heteroatoms. The molecule has 0 fully saturated rings. The van der Waals surface area contributed by atoms with Gasteiger partial charge in [0.05, 0.1) is 30.4 Å². The van der Waals surface area contributed by atoms with Gasteiger partial charge in [0.25, 0.3) is 0 Å². The number of allylic oxidation sites excluding steroid dienone is 2. The molecule has 2 aliphatic rings. The predicted molar refractivity (Wildman–Crippen MR) is 105 cm³/mol. The Morgan fingerprint density at radius 2 is 2.00 bits per heavy atom. The minimum Gasteiger partial charge on any atom is -0.465 e. The zero-order valence-corrected chi connectivity index (χ0v) is 17.3. The van der Waals surface area contributed by atoms with E-state index in [0.717, 1.165) is 17.9 Å². The van der Waals surface area contributed by atoms with E-state index < -0.39 is 11.9 Å². The quantitative estimate of drug-likeness (QED) is 0.749. The van der Waals surface area contributed by atoms with Gasteiger partial charge in [-0.25, -0.2) is 4.79 Å². The van der Waals surface area contributed by atoms with Crippen molar-refractivity contribution in [2.45, 2.75) is 53.4 Å². The molecule has 1 unspecified atom stereocenters. The van der Waals surface area contributed by atoms with Gasteiger partial charge in [0, 0.05) is 24.3 Å². The molecule has 1 atom stereocenters. The van der Waals surface area contributed by atoms with Crippen molar-refractivity contribution >= 4 is 11.8 Å². The summed E-state index contributed by atoms with van der Waals surface area (Å²) in [5, 5.41) is 3.34. The molecule has 0 bridgehead atoms. The summed E-state index contributed by atoms with van der Waals surface area (Å²) in [5.74, 6) is 0.316. The average Bonchev–Trinajstić information content (AvgIpc) is 3.03. The van der Waals surface area contributed by atoms with Gasteiger partial charge in [-0.15, -0.1) is 0 Å². The number of nitrogens with one attached hydrogen (secondary N) is 1. The summed E-state index contributed by atoms with van der Waals surface area (Å²) in [5.41, 5.74) is 2.35. The van der Waals surface area contributed by atoms with E-state index in [9.17, 15) is 9.59 Å². The Labute approximate surface area is 166 Å². The van der Waals surface area contributed by atoms with E-state index in [1.807, 2.05) is 26.0 Å². The van der Waals surface area contributed by atoms with Crippen LogP contribution in [0.4, 0.5) is 0 Å². The fourth-order valence-corrected chi connectivity index (χ4v) is 4.01. The topological polar surface area (TPSA) is 77.8 Å². The Balaban J connectivity index is 2.17. The van der Waals surface area contributed by atoms with Crippen LogP contribution in [0.2, 0.25) is 0 Å². The van der Waals surface area contributed by atoms with Crippen molar-refractivity contribution in [1.82, 2.24) is 5.32 Å². The smallest absolute Gasteiger partial charge is 0.336 e.